The van der Waals surface area contributed by atoms with Crippen molar-refractivity contribution in [1.29, 1.82) is 0 Å². The molecule has 0 aliphatic rings. The van der Waals surface area contributed by atoms with Gasteiger partial charge < -0.3 is 29.8 Å². The Hall–Kier alpha value is -2.50. The third-order valence-corrected chi connectivity index (χ3v) is 14.9. The molecule has 0 aliphatic heterocycles. The summed E-state index contributed by atoms with van der Waals surface area (Å²) in [6, 6.07) is 29.2. The molecule has 4 aromatic rings. The van der Waals surface area contributed by atoms with Gasteiger partial charge in [-0.3, -0.25) is 9.80 Å². The van der Waals surface area contributed by atoms with Crippen molar-refractivity contribution in [3.8, 4) is 11.5 Å². The Bertz CT molecular complexity index is 1940. The smallest absolute Gasteiger partial charge is 0.872 e. The van der Waals surface area contributed by atoms with Crippen LogP contribution in [0.25, 0.3) is 0 Å². The van der Waals surface area contributed by atoms with Crippen molar-refractivity contribution in [2.24, 2.45) is 0 Å². The van der Waals surface area contributed by atoms with E-state index in [1.54, 1.807) is 0 Å². The van der Waals surface area contributed by atoms with Gasteiger partial charge in [-0.1, -0.05) is 235 Å². The fraction of sp³-hybridized carbons (Fsp3) is 0.647. The molecule has 4 rings (SSSR count). The standard InChI is InChI=1S/2C27H51N3O.2C7H8.Ca/c2*1-11-28(12-2)15-17-30(18-16-29(13-3)14-4)21-22-19-23(26(5,6)7)20-24(25(22)31)27(8,9)10;2*1-7-5-3-2-4-6-7;/h2*19-20,31H,11-18,21H2,1-10H3;2*2-6H,1H3;/q;;;;+2/p-2. The van der Waals surface area contributed by atoms with Gasteiger partial charge in [-0.25, -0.2) is 0 Å². The van der Waals surface area contributed by atoms with Gasteiger partial charge in [-0.05, 0) is 121 Å². The summed E-state index contributed by atoms with van der Waals surface area (Å²) in [6.07, 6.45) is 0. The van der Waals surface area contributed by atoms with Crippen LogP contribution in [0, 0.1) is 13.8 Å². The summed E-state index contributed by atoms with van der Waals surface area (Å²) in [4.78, 5) is 14.9. The van der Waals surface area contributed by atoms with Gasteiger partial charge in [0, 0.05) is 65.4 Å². The van der Waals surface area contributed by atoms with Crippen LogP contribution in [0.1, 0.15) is 183 Å². The molecule has 0 atom stereocenters. The predicted molar refractivity (Wildman–Crippen MR) is 336 cm³/mol. The van der Waals surface area contributed by atoms with Gasteiger partial charge in [0.25, 0.3) is 0 Å². The summed E-state index contributed by atoms with van der Waals surface area (Å²) in [5.41, 5.74) is 8.72. The zero-order valence-electron chi connectivity index (χ0n) is 54.0. The Balaban J connectivity index is 0.00000118. The summed E-state index contributed by atoms with van der Waals surface area (Å²) in [6.45, 7) is 66.5. The average Bonchev–Trinajstić information content (AvgIpc) is 3.35. The van der Waals surface area contributed by atoms with Gasteiger partial charge in [0.15, 0.2) is 0 Å². The fourth-order valence-electron chi connectivity index (χ4n) is 8.97. The minimum Gasteiger partial charge on any atom is -0.872 e. The second-order valence-corrected chi connectivity index (χ2v) is 25.0. The third kappa shape index (κ3) is 29.2. The van der Waals surface area contributed by atoms with E-state index in [1.807, 2.05) is 36.4 Å². The van der Waals surface area contributed by atoms with Gasteiger partial charge in [0.05, 0.1) is 0 Å². The normalized spacial score (nSPS) is 12.1. The van der Waals surface area contributed by atoms with Crippen molar-refractivity contribution in [2.45, 2.75) is 187 Å². The summed E-state index contributed by atoms with van der Waals surface area (Å²) in [5.74, 6) is 0.465. The van der Waals surface area contributed by atoms with Crippen LogP contribution in [-0.2, 0) is 34.7 Å². The van der Waals surface area contributed by atoms with Crippen molar-refractivity contribution in [1.82, 2.24) is 29.4 Å². The van der Waals surface area contributed by atoms with E-state index in [0.29, 0.717) is 0 Å². The van der Waals surface area contributed by atoms with E-state index in [-0.39, 0.29) is 70.9 Å². The molecule has 77 heavy (non-hydrogen) atoms. The Morgan fingerprint density at radius 3 is 0.714 bits per heavy atom. The molecule has 0 unspecified atom stereocenters. The quantitative estimate of drug-likeness (QED) is 0.0643. The average molecular weight is 1090 g/mol. The molecule has 0 aromatic heterocycles. The Kier molecular flexibility index (Phi) is 36.3. The van der Waals surface area contributed by atoms with Crippen LogP contribution in [0.3, 0.4) is 0 Å². The first-order chi connectivity index (χ1) is 35.5. The number of nitrogens with zero attached hydrogens (tertiary/aromatic N) is 6. The van der Waals surface area contributed by atoms with Crippen LogP contribution < -0.4 is 10.2 Å². The molecular weight excluding hydrogens is 973 g/mol. The summed E-state index contributed by atoms with van der Waals surface area (Å²) in [7, 11) is 0. The molecule has 432 valence electrons. The molecule has 0 saturated heterocycles. The number of likely N-dealkylation sites (N-methyl/N-ethyl adjacent to an activating group) is 4. The van der Waals surface area contributed by atoms with E-state index in [2.05, 4.69) is 230 Å². The first-order valence-electron chi connectivity index (χ1n) is 29.6. The number of hydrogen-bond donors (Lipinski definition) is 0. The van der Waals surface area contributed by atoms with E-state index < -0.39 is 0 Å². The molecule has 8 nitrogen and oxygen atoms in total. The molecule has 0 radical (unpaired) electrons. The topological polar surface area (TPSA) is 65.6 Å². The molecule has 0 spiro atoms. The molecule has 0 fully saturated rings. The van der Waals surface area contributed by atoms with Crippen LogP contribution in [0.4, 0.5) is 0 Å². The van der Waals surface area contributed by atoms with Crippen molar-refractivity contribution in [3.63, 3.8) is 0 Å². The zero-order valence-corrected chi connectivity index (χ0v) is 56.2. The SMILES string of the molecule is CCN(CC)CCN(CCN(CC)CC)Cc1cc(C(C)(C)C)cc(C(C)(C)C)c1[O-].CCN(CC)CCN(CCN(CC)CC)Cc1cc(C(C)(C)C)cc(C(C)(C)C)c1[O-].Cc1ccccc1.Cc1ccccc1.[Ca+2]. The van der Waals surface area contributed by atoms with E-state index in [9.17, 15) is 10.2 Å². The molecule has 0 saturated carbocycles. The first-order valence-corrected chi connectivity index (χ1v) is 29.6. The van der Waals surface area contributed by atoms with E-state index in [1.165, 1.54) is 22.3 Å². The number of hydrogen-bond acceptors (Lipinski definition) is 8. The van der Waals surface area contributed by atoms with Gasteiger partial charge in [0.2, 0.25) is 0 Å². The number of rotatable bonds is 24. The maximum atomic E-state index is 13.5. The number of aryl methyl sites for hydroxylation is 2. The summed E-state index contributed by atoms with van der Waals surface area (Å²) >= 11 is 0. The van der Waals surface area contributed by atoms with E-state index in [0.717, 1.165) is 140 Å². The fourth-order valence-corrected chi connectivity index (χ4v) is 8.97. The van der Waals surface area contributed by atoms with Crippen molar-refractivity contribution >= 4 is 37.7 Å². The van der Waals surface area contributed by atoms with E-state index >= 15 is 0 Å². The number of benzene rings is 4. The van der Waals surface area contributed by atoms with Crippen LogP contribution in [0.15, 0.2) is 84.9 Å². The summed E-state index contributed by atoms with van der Waals surface area (Å²) < 4.78 is 0. The van der Waals surface area contributed by atoms with Crippen LogP contribution in [-0.4, -0.2) is 172 Å². The van der Waals surface area contributed by atoms with Crippen molar-refractivity contribution in [3.05, 3.63) is 129 Å². The van der Waals surface area contributed by atoms with Crippen molar-refractivity contribution in [2.75, 3.05) is 105 Å². The first kappa shape index (κ1) is 74.5. The second-order valence-electron chi connectivity index (χ2n) is 25.0. The minimum absolute atomic E-state index is 0. The maximum Gasteiger partial charge on any atom is 2.00 e. The van der Waals surface area contributed by atoms with Crippen LogP contribution in [0.5, 0.6) is 11.5 Å². The zero-order chi connectivity index (χ0) is 57.9. The van der Waals surface area contributed by atoms with E-state index in [4.69, 9.17) is 0 Å². The van der Waals surface area contributed by atoms with Gasteiger partial charge in [0.1, 0.15) is 0 Å². The maximum absolute atomic E-state index is 13.5. The van der Waals surface area contributed by atoms with Gasteiger partial charge in [-0.15, -0.1) is 11.5 Å². The minimum atomic E-state index is -0.152. The molecular formula is C68H116CaN6O2. The molecule has 0 aliphatic carbocycles. The predicted octanol–water partition coefficient (Wildman–Crippen LogP) is 13.3. The van der Waals surface area contributed by atoms with Gasteiger partial charge >= 0.3 is 37.7 Å². The molecule has 4 aromatic carbocycles. The summed E-state index contributed by atoms with van der Waals surface area (Å²) in [5, 5.41) is 27.0. The molecule has 0 N–H and O–H groups in total. The van der Waals surface area contributed by atoms with Crippen molar-refractivity contribution < 1.29 is 10.2 Å². The molecule has 9 heteroatoms. The monoisotopic (exact) mass is 1090 g/mol. The third-order valence-electron chi connectivity index (χ3n) is 14.9. The molecule has 0 amide bonds. The largest absolute Gasteiger partial charge is 2.00 e. The molecule has 0 bridgehead atoms. The molecule has 0 heterocycles. The Labute approximate surface area is 506 Å². The van der Waals surface area contributed by atoms with Crippen LogP contribution >= 0.6 is 0 Å². The van der Waals surface area contributed by atoms with Crippen LogP contribution in [0.2, 0.25) is 0 Å². The second kappa shape index (κ2) is 37.5. The Morgan fingerprint density at radius 1 is 0.325 bits per heavy atom. The van der Waals surface area contributed by atoms with Gasteiger partial charge in [-0.2, -0.15) is 0 Å². The Morgan fingerprint density at radius 2 is 0.545 bits per heavy atom.